The van der Waals surface area contributed by atoms with Crippen molar-refractivity contribution < 1.29 is 9.59 Å². The van der Waals surface area contributed by atoms with Crippen LogP contribution >= 0.6 is 24.0 Å². The van der Waals surface area contributed by atoms with Gasteiger partial charge in [0.15, 0.2) is 0 Å². The van der Waals surface area contributed by atoms with E-state index in [1.54, 1.807) is 29.2 Å². The summed E-state index contributed by atoms with van der Waals surface area (Å²) in [4.78, 5) is 26.5. The summed E-state index contributed by atoms with van der Waals surface area (Å²) >= 11 is 5.83. The smallest absolute Gasteiger partial charge is 0.243 e. The van der Waals surface area contributed by atoms with Gasteiger partial charge >= 0.3 is 0 Å². The zero-order valence-corrected chi connectivity index (χ0v) is 15.5. The number of hydrogen-bond donors (Lipinski definition) is 2. The Morgan fingerprint density at radius 2 is 1.88 bits per heavy atom. The summed E-state index contributed by atoms with van der Waals surface area (Å²) in [6.45, 7) is 4.45. The van der Waals surface area contributed by atoms with Gasteiger partial charge in [-0.2, -0.15) is 0 Å². The van der Waals surface area contributed by atoms with Crippen LogP contribution in [0, 0.1) is 5.92 Å². The van der Waals surface area contributed by atoms with E-state index in [4.69, 9.17) is 11.6 Å². The molecule has 0 spiro atoms. The summed E-state index contributed by atoms with van der Waals surface area (Å²) in [5.41, 5.74) is 0.685. The van der Waals surface area contributed by atoms with E-state index in [0.717, 1.165) is 32.4 Å². The van der Waals surface area contributed by atoms with Gasteiger partial charge < -0.3 is 15.5 Å². The molecule has 134 valence electrons. The summed E-state index contributed by atoms with van der Waals surface area (Å²) in [6, 6.07) is 6.94. The van der Waals surface area contributed by atoms with E-state index < -0.39 is 0 Å². The molecule has 0 saturated carbocycles. The molecule has 1 aliphatic heterocycles. The third-order valence-electron chi connectivity index (χ3n) is 3.96. The van der Waals surface area contributed by atoms with Crippen molar-refractivity contribution in [1.29, 1.82) is 0 Å². The number of anilines is 1. The molecule has 2 rings (SSSR count). The number of carbonyl (C=O) groups excluding carboxylic acids is 2. The summed E-state index contributed by atoms with van der Waals surface area (Å²) in [7, 11) is 0. The lowest BCUT2D eigenvalue weighted by molar-refractivity contribution is -0.139. The molecule has 0 unspecified atom stereocenters. The monoisotopic (exact) mass is 373 g/mol. The van der Waals surface area contributed by atoms with E-state index in [1.807, 2.05) is 6.92 Å². The van der Waals surface area contributed by atoms with Crippen molar-refractivity contribution in [1.82, 2.24) is 10.2 Å². The third kappa shape index (κ3) is 6.30. The van der Waals surface area contributed by atoms with Crippen molar-refractivity contribution in [2.45, 2.75) is 26.2 Å². The Morgan fingerprint density at radius 1 is 1.25 bits per heavy atom. The van der Waals surface area contributed by atoms with Crippen LogP contribution in [0.5, 0.6) is 0 Å². The number of nitrogens with one attached hydrogen (secondary N) is 2. The maximum Gasteiger partial charge on any atom is 0.243 e. The van der Waals surface area contributed by atoms with Crippen molar-refractivity contribution in [2.75, 3.05) is 31.5 Å². The molecule has 0 bridgehead atoms. The number of halogens is 2. The molecule has 5 nitrogen and oxygen atoms in total. The normalized spacial score (nSPS) is 14.6. The molecule has 1 saturated heterocycles. The van der Waals surface area contributed by atoms with Crippen molar-refractivity contribution in [3.8, 4) is 0 Å². The maximum atomic E-state index is 12.6. The fraction of sp³-hybridized carbons (Fsp3) is 0.529. The standard InChI is InChI=1S/C17H24ClN3O2.ClH/c1-2-11-21(17(23)13-7-9-19-10-8-13)12-16(22)20-15-5-3-14(18)4-6-15;/h3-6,13,19H,2,7-12H2,1H3,(H,20,22);1H. The number of hydrogen-bond acceptors (Lipinski definition) is 3. The van der Waals surface area contributed by atoms with Gasteiger partial charge in [0.1, 0.15) is 0 Å². The van der Waals surface area contributed by atoms with Gasteiger partial charge in [0.25, 0.3) is 0 Å². The van der Waals surface area contributed by atoms with E-state index in [2.05, 4.69) is 10.6 Å². The van der Waals surface area contributed by atoms with Crippen molar-refractivity contribution in [3.63, 3.8) is 0 Å². The Balaban J connectivity index is 0.00000288. The predicted octanol–water partition coefficient (Wildman–Crippen LogP) is 2.94. The van der Waals surface area contributed by atoms with Gasteiger partial charge in [0, 0.05) is 23.2 Å². The van der Waals surface area contributed by atoms with Gasteiger partial charge in [-0.25, -0.2) is 0 Å². The van der Waals surface area contributed by atoms with Crippen LogP contribution < -0.4 is 10.6 Å². The molecular formula is C17H25Cl2N3O2. The lowest BCUT2D eigenvalue weighted by atomic mass is 9.96. The second-order valence-corrected chi connectivity index (χ2v) is 6.28. The zero-order valence-electron chi connectivity index (χ0n) is 13.9. The van der Waals surface area contributed by atoms with Crippen LogP contribution in [0.1, 0.15) is 26.2 Å². The first kappa shape index (κ1) is 20.7. The lowest BCUT2D eigenvalue weighted by Crippen LogP contribution is -2.44. The van der Waals surface area contributed by atoms with Crippen molar-refractivity contribution >= 4 is 41.5 Å². The second kappa shape index (κ2) is 10.5. The Labute approximate surface area is 154 Å². The Hall–Kier alpha value is -1.30. The van der Waals surface area contributed by atoms with Gasteiger partial charge in [0.2, 0.25) is 11.8 Å². The maximum absolute atomic E-state index is 12.6. The van der Waals surface area contributed by atoms with Gasteiger partial charge in [0.05, 0.1) is 6.54 Å². The van der Waals surface area contributed by atoms with Gasteiger partial charge in [-0.15, -0.1) is 12.4 Å². The molecule has 0 atom stereocenters. The molecule has 2 amide bonds. The Morgan fingerprint density at radius 3 is 2.46 bits per heavy atom. The molecular weight excluding hydrogens is 349 g/mol. The summed E-state index contributed by atoms with van der Waals surface area (Å²) in [5, 5.41) is 6.69. The largest absolute Gasteiger partial charge is 0.333 e. The second-order valence-electron chi connectivity index (χ2n) is 5.84. The van der Waals surface area contributed by atoms with Crippen LogP contribution in [-0.2, 0) is 9.59 Å². The van der Waals surface area contributed by atoms with Gasteiger partial charge in [-0.1, -0.05) is 18.5 Å². The number of amides is 2. The first-order chi connectivity index (χ1) is 11.1. The van der Waals surface area contributed by atoms with Crippen LogP contribution in [-0.4, -0.2) is 42.9 Å². The Bertz CT molecular complexity index is 531. The number of benzene rings is 1. The molecule has 1 aromatic rings. The molecule has 1 heterocycles. The van der Waals surface area contributed by atoms with Crippen LogP contribution in [0.4, 0.5) is 5.69 Å². The molecule has 1 aliphatic rings. The molecule has 24 heavy (non-hydrogen) atoms. The number of rotatable bonds is 6. The van der Waals surface area contributed by atoms with Crippen LogP contribution in [0.3, 0.4) is 0 Å². The van der Waals surface area contributed by atoms with E-state index in [9.17, 15) is 9.59 Å². The van der Waals surface area contributed by atoms with Gasteiger partial charge in [-0.3, -0.25) is 9.59 Å². The first-order valence-corrected chi connectivity index (χ1v) is 8.53. The van der Waals surface area contributed by atoms with E-state index in [0.29, 0.717) is 17.3 Å². The highest BCUT2D eigenvalue weighted by Gasteiger charge is 2.26. The molecule has 0 aliphatic carbocycles. The molecule has 0 radical (unpaired) electrons. The average Bonchev–Trinajstić information content (AvgIpc) is 2.57. The summed E-state index contributed by atoms with van der Waals surface area (Å²) < 4.78 is 0. The van der Waals surface area contributed by atoms with Crippen molar-refractivity contribution in [2.24, 2.45) is 5.92 Å². The fourth-order valence-corrected chi connectivity index (χ4v) is 2.90. The van der Waals surface area contributed by atoms with Gasteiger partial charge in [-0.05, 0) is 56.6 Å². The number of nitrogens with zero attached hydrogens (tertiary/aromatic N) is 1. The third-order valence-corrected chi connectivity index (χ3v) is 4.21. The molecule has 0 aromatic heterocycles. The zero-order chi connectivity index (χ0) is 16.7. The molecule has 7 heteroatoms. The average molecular weight is 374 g/mol. The first-order valence-electron chi connectivity index (χ1n) is 8.15. The fourth-order valence-electron chi connectivity index (χ4n) is 2.77. The Kier molecular flexibility index (Phi) is 9.11. The molecule has 1 aromatic carbocycles. The quantitative estimate of drug-likeness (QED) is 0.805. The highest BCUT2D eigenvalue weighted by Crippen LogP contribution is 2.16. The highest BCUT2D eigenvalue weighted by molar-refractivity contribution is 6.30. The van der Waals surface area contributed by atoms with E-state index in [-0.39, 0.29) is 36.7 Å². The summed E-state index contributed by atoms with van der Waals surface area (Å²) in [6.07, 6.45) is 2.53. The number of carbonyl (C=O) groups is 2. The molecule has 1 fully saturated rings. The van der Waals surface area contributed by atoms with Crippen LogP contribution in [0.2, 0.25) is 5.02 Å². The van der Waals surface area contributed by atoms with E-state index in [1.165, 1.54) is 0 Å². The minimum atomic E-state index is -0.178. The highest BCUT2D eigenvalue weighted by atomic mass is 35.5. The van der Waals surface area contributed by atoms with Crippen LogP contribution in [0.25, 0.3) is 0 Å². The van der Waals surface area contributed by atoms with E-state index >= 15 is 0 Å². The topological polar surface area (TPSA) is 61.4 Å². The minimum Gasteiger partial charge on any atom is -0.333 e. The predicted molar refractivity (Wildman–Crippen MR) is 99.8 cm³/mol. The molecule has 2 N–H and O–H groups in total. The summed E-state index contributed by atoms with van der Waals surface area (Å²) in [5.74, 6) is -0.0474. The lowest BCUT2D eigenvalue weighted by Gasteiger charge is -2.29. The number of piperidine rings is 1. The minimum absolute atomic E-state index is 0. The van der Waals surface area contributed by atoms with Crippen molar-refractivity contribution in [3.05, 3.63) is 29.3 Å². The van der Waals surface area contributed by atoms with Crippen LogP contribution in [0.15, 0.2) is 24.3 Å². The SMILES string of the molecule is CCCN(CC(=O)Nc1ccc(Cl)cc1)C(=O)C1CCNCC1.Cl.